The van der Waals surface area contributed by atoms with E-state index in [2.05, 4.69) is 22.9 Å². The molecule has 15 heavy (non-hydrogen) atoms. The van der Waals surface area contributed by atoms with Gasteiger partial charge in [0.15, 0.2) is 0 Å². The fourth-order valence-electron chi connectivity index (χ4n) is 0.891. The van der Waals surface area contributed by atoms with Crippen molar-refractivity contribution in [2.24, 2.45) is 0 Å². The quantitative estimate of drug-likeness (QED) is 0.722. The molecule has 0 saturated carbocycles. The van der Waals surface area contributed by atoms with Crippen molar-refractivity contribution in [3.05, 3.63) is 18.5 Å². The molecule has 0 aliphatic rings. The average Bonchev–Trinajstić information content (AvgIpc) is 2.05. The van der Waals surface area contributed by atoms with Crippen LogP contribution in [0.25, 0.3) is 0 Å². The Kier molecular flexibility index (Phi) is 3.57. The predicted octanol–water partition coefficient (Wildman–Crippen LogP) is 2.26. The molecule has 4 nitrogen and oxygen atoms in total. The van der Waals surface area contributed by atoms with Gasteiger partial charge in [-0.05, 0) is 20.8 Å². The standard InChI is InChI=1S/C10H14N2O2S/c1-10(2,3)12-9(13)14-7-4-5-11-6-8(7)15/h4-6,15H,1-3H3,(H,12,13). The summed E-state index contributed by atoms with van der Waals surface area (Å²) in [5.74, 6) is 0.398. The number of hydrogen-bond acceptors (Lipinski definition) is 4. The summed E-state index contributed by atoms with van der Waals surface area (Å²) in [6.07, 6.45) is 2.56. The van der Waals surface area contributed by atoms with Crippen molar-refractivity contribution in [1.82, 2.24) is 10.3 Å². The maximum atomic E-state index is 11.4. The largest absolute Gasteiger partial charge is 0.413 e. The molecule has 0 spiro atoms. The molecular formula is C10H14N2O2S. The Morgan fingerprint density at radius 2 is 2.20 bits per heavy atom. The molecular weight excluding hydrogens is 212 g/mol. The maximum absolute atomic E-state index is 11.4. The van der Waals surface area contributed by atoms with E-state index in [4.69, 9.17) is 4.74 Å². The van der Waals surface area contributed by atoms with Crippen molar-refractivity contribution in [3.8, 4) is 5.75 Å². The molecule has 1 heterocycles. The lowest BCUT2D eigenvalue weighted by molar-refractivity contribution is 0.189. The summed E-state index contributed by atoms with van der Waals surface area (Å²) in [7, 11) is 0. The molecule has 0 aliphatic heterocycles. The number of carbonyl (C=O) groups excluding carboxylic acids is 1. The number of rotatable bonds is 1. The Balaban J connectivity index is 2.64. The third kappa shape index (κ3) is 4.20. The Labute approximate surface area is 94.5 Å². The highest BCUT2D eigenvalue weighted by Gasteiger charge is 2.15. The first-order chi connectivity index (χ1) is 6.88. The second kappa shape index (κ2) is 4.53. The lowest BCUT2D eigenvalue weighted by Crippen LogP contribution is -2.42. The molecule has 0 radical (unpaired) electrons. The van der Waals surface area contributed by atoms with E-state index in [1.165, 1.54) is 6.20 Å². The van der Waals surface area contributed by atoms with Gasteiger partial charge in [0.05, 0.1) is 4.90 Å². The summed E-state index contributed by atoms with van der Waals surface area (Å²) in [6.45, 7) is 5.63. The number of ether oxygens (including phenoxy) is 1. The van der Waals surface area contributed by atoms with Crippen LogP contribution in [0.4, 0.5) is 4.79 Å². The van der Waals surface area contributed by atoms with Crippen LogP contribution < -0.4 is 10.1 Å². The number of thiol groups is 1. The first kappa shape index (κ1) is 11.8. The van der Waals surface area contributed by atoms with E-state index >= 15 is 0 Å². The zero-order valence-corrected chi connectivity index (χ0v) is 9.84. The van der Waals surface area contributed by atoms with Gasteiger partial charge in [0, 0.05) is 24.0 Å². The van der Waals surface area contributed by atoms with Crippen LogP contribution in [0.1, 0.15) is 20.8 Å². The highest BCUT2D eigenvalue weighted by molar-refractivity contribution is 7.80. The van der Waals surface area contributed by atoms with Crippen LogP contribution >= 0.6 is 12.6 Å². The minimum Gasteiger partial charge on any atom is -0.409 e. The van der Waals surface area contributed by atoms with Gasteiger partial charge in [-0.2, -0.15) is 0 Å². The smallest absolute Gasteiger partial charge is 0.409 e. The van der Waals surface area contributed by atoms with Gasteiger partial charge in [0.2, 0.25) is 0 Å². The van der Waals surface area contributed by atoms with E-state index in [0.717, 1.165) is 0 Å². The van der Waals surface area contributed by atoms with E-state index in [1.807, 2.05) is 20.8 Å². The molecule has 1 aromatic rings. The zero-order valence-electron chi connectivity index (χ0n) is 8.94. The highest BCUT2D eigenvalue weighted by Crippen LogP contribution is 2.20. The van der Waals surface area contributed by atoms with Gasteiger partial charge < -0.3 is 10.1 Å². The molecule has 5 heteroatoms. The number of aromatic nitrogens is 1. The molecule has 1 N–H and O–H groups in total. The Morgan fingerprint density at radius 3 is 2.73 bits per heavy atom. The van der Waals surface area contributed by atoms with Crippen LogP contribution in [0, 0.1) is 0 Å². The molecule has 0 saturated heterocycles. The van der Waals surface area contributed by atoms with Gasteiger partial charge >= 0.3 is 6.09 Å². The van der Waals surface area contributed by atoms with Crippen molar-refractivity contribution in [2.45, 2.75) is 31.2 Å². The number of pyridine rings is 1. The van der Waals surface area contributed by atoms with Gasteiger partial charge in [-0.15, -0.1) is 12.6 Å². The van der Waals surface area contributed by atoms with Crippen molar-refractivity contribution >= 4 is 18.7 Å². The van der Waals surface area contributed by atoms with Crippen LogP contribution in [-0.4, -0.2) is 16.6 Å². The summed E-state index contributed by atoms with van der Waals surface area (Å²) in [5, 5.41) is 2.68. The van der Waals surface area contributed by atoms with Crippen molar-refractivity contribution in [3.63, 3.8) is 0 Å². The fourth-order valence-corrected chi connectivity index (χ4v) is 1.08. The molecule has 0 aromatic carbocycles. The molecule has 0 bridgehead atoms. The van der Waals surface area contributed by atoms with Crippen LogP contribution in [-0.2, 0) is 0 Å². The van der Waals surface area contributed by atoms with Crippen molar-refractivity contribution in [2.75, 3.05) is 0 Å². The van der Waals surface area contributed by atoms with Crippen LogP contribution in [0.2, 0.25) is 0 Å². The predicted molar refractivity (Wildman–Crippen MR) is 60.4 cm³/mol. The lowest BCUT2D eigenvalue weighted by Gasteiger charge is -2.19. The Hall–Kier alpha value is -1.23. The third-order valence-corrected chi connectivity index (χ3v) is 1.78. The van der Waals surface area contributed by atoms with E-state index in [-0.39, 0.29) is 5.54 Å². The minimum atomic E-state index is -0.496. The molecule has 1 aromatic heterocycles. The van der Waals surface area contributed by atoms with Crippen molar-refractivity contribution in [1.29, 1.82) is 0 Å². The Bertz CT molecular complexity index is 361. The average molecular weight is 226 g/mol. The number of amides is 1. The van der Waals surface area contributed by atoms with Gasteiger partial charge in [-0.1, -0.05) is 0 Å². The maximum Gasteiger partial charge on any atom is 0.413 e. The number of hydrogen-bond donors (Lipinski definition) is 2. The molecule has 1 amide bonds. The zero-order chi connectivity index (χ0) is 11.5. The summed E-state index contributed by atoms with van der Waals surface area (Å²) in [6, 6.07) is 1.59. The van der Waals surface area contributed by atoms with Crippen LogP contribution in [0.15, 0.2) is 23.4 Å². The molecule has 0 fully saturated rings. The fraction of sp³-hybridized carbons (Fsp3) is 0.400. The number of nitrogens with zero attached hydrogens (tertiary/aromatic N) is 1. The summed E-state index contributed by atoms with van der Waals surface area (Å²) < 4.78 is 5.05. The second-order valence-electron chi connectivity index (χ2n) is 4.11. The van der Waals surface area contributed by atoms with Gasteiger partial charge in [-0.3, -0.25) is 4.98 Å². The van der Waals surface area contributed by atoms with Gasteiger partial charge in [0.1, 0.15) is 5.75 Å². The molecule has 0 unspecified atom stereocenters. The summed E-state index contributed by atoms with van der Waals surface area (Å²) >= 11 is 4.12. The van der Waals surface area contributed by atoms with E-state index < -0.39 is 6.09 Å². The number of nitrogens with one attached hydrogen (secondary N) is 1. The van der Waals surface area contributed by atoms with Crippen LogP contribution in [0.3, 0.4) is 0 Å². The first-order valence-electron chi connectivity index (χ1n) is 4.51. The monoisotopic (exact) mass is 226 g/mol. The second-order valence-corrected chi connectivity index (χ2v) is 4.59. The summed E-state index contributed by atoms with van der Waals surface area (Å²) in [4.78, 5) is 15.8. The molecule has 0 atom stereocenters. The lowest BCUT2D eigenvalue weighted by atomic mass is 10.1. The first-order valence-corrected chi connectivity index (χ1v) is 4.96. The van der Waals surface area contributed by atoms with E-state index in [1.54, 1.807) is 12.3 Å². The number of carbonyl (C=O) groups is 1. The molecule has 82 valence electrons. The topological polar surface area (TPSA) is 51.2 Å². The van der Waals surface area contributed by atoms with Gasteiger partial charge in [-0.25, -0.2) is 4.79 Å². The molecule has 0 aliphatic carbocycles. The van der Waals surface area contributed by atoms with Crippen molar-refractivity contribution < 1.29 is 9.53 Å². The SMILES string of the molecule is CC(C)(C)NC(=O)Oc1ccncc1S. The third-order valence-electron chi connectivity index (χ3n) is 1.44. The normalized spacial score (nSPS) is 10.9. The van der Waals surface area contributed by atoms with E-state index in [0.29, 0.717) is 10.6 Å². The van der Waals surface area contributed by atoms with Gasteiger partial charge in [0.25, 0.3) is 0 Å². The summed E-state index contributed by atoms with van der Waals surface area (Å²) in [5.41, 5.74) is -0.319. The van der Waals surface area contributed by atoms with E-state index in [9.17, 15) is 4.79 Å². The minimum absolute atomic E-state index is 0.319. The molecule has 1 rings (SSSR count). The Morgan fingerprint density at radius 1 is 1.53 bits per heavy atom. The highest BCUT2D eigenvalue weighted by atomic mass is 32.1. The van der Waals surface area contributed by atoms with Crippen LogP contribution in [0.5, 0.6) is 5.75 Å².